The number of H-pyrrole nitrogens is 1. The summed E-state index contributed by atoms with van der Waals surface area (Å²) in [6.45, 7) is 8.58. The second-order valence-electron chi connectivity index (χ2n) is 6.44. The molecule has 7 heteroatoms. The number of rotatable bonds is 7. The molecule has 0 aliphatic heterocycles. The second kappa shape index (κ2) is 8.39. The van der Waals surface area contributed by atoms with E-state index in [1.807, 2.05) is 56.3 Å². The molecule has 0 atom stereocenters. The van der Waals surface area contributed by atoms with E-state index in [-0.39, 0.29) is 11.5 Å². The molecule has 0 aliphatic carbocycles. The van der Waals surface area contributed by atoms with Crippen molar-refractivity contribution in [1.82, 2.24) is 19.5 Å². The van der Waals surface area contributed by atoms with Crippen LogP contribution in [0.2, 0.25) is 0 Å². The monoisotopic (exact) mass is 376 g/mol. The maximum Gasteiger partial charge on any atom is 0.328 e. The Hall–Kier alpha value is -3.61. The number of nitrogens with two attached hydrogens (primary N) is 1. The van der Waals surface area contributed by atoms with E-state index in [0.717, 1.165) is 16.7 Å². The van der Waals surface area contributed by atoms with Crippen LogP contribution in [0.15, 0.2) is 71.1 Å². The number of allylic oxidation sites excluding steroid dienone is 5. The number of nitrogens with one attached hydrogen (secondary N) is 2. The Morgan fingerprint density at radius 1 is 1.32 bits per heavy atom. The smallest absolute Gasteiger partial charge is 0.328 e. The molecular formula is C21H24N6O. The first-order valence-electron chi connectivity index (χ1n) is 9.01. The molecule has 0 spiro atoms. The number of aromatic nitrogens is 4. The molecule has 0 fully saturated rings. The molecule has 2 heterocycles. The van der Waals surface area contributed by atoms with Crippen LogP contribution in [-0.4, -0.2) is 19.5 Å². The highest BCUT2D eigenvalue weighted by Gasteiger charge is 2.14. The van der Waals surface area contributed by atoms with Crippen molar-refractivity contribution in [3.05, 3.63) is 82.3 Å². The molecule has 0 amide bonds. The Labute approximate surface area is 163 Å². The Morgan fingerprint density at radius 2 is 2.07 bits per heavy atom. The first-order chi connectivity index (χ1) is 13.5. The van der Waals surface area contributed by atoms with E-state index in [4.69, 9.17) is 5.73 Å². The molecule has 3 aromatic rings. The zero-order valence-corrected chi connectivity index (χ0v) is 16.1. The van der Waals surface area contributed by atoms with Crippen LogP contribution in [0.3, 0.4) is 0 Å². The predicted octanol–water partition coefficient (Wildman–Crippen LogP) is 3.39. The number of imidazole rings is 1. The number of nitrogens with zero attached hydrogens (tertiary/aromatic N) is 3. The number of aromatic amines is 1. The number of hydrogen-bond acceptors (Lipinski definition) is 5. The van der Waals surface area contributed by atoms with E-state index in [1.165, 1.54) is 0 Å². The lowest BCUT2D eigenvalue weighted by Crippen LogP contribution is -2.18. The fourth-order valence-corrected chi connectivity index (χ4v) is 2.81. The van der Waals surface area contributed by atoms with Gasteiger partial charge in [-0.2, -0.15) is 9.97 Å². The van der Waals surface area contributed by atoms with E-state index in [2.05, 4.69) is 26.8 Å². The summed E-state index contributed by atoms with van der Waals surface area (Å²) >= 11 is 0. The van der Waals surface area contributed by atoms with Crippen molar-refractivity contribution < 1.29 is 0 Å². The molecule has 4 N–H and O–H groups in total. The van der Waals surface area contributed by atoms with Gasteiger partial charge in [0.25, 0.3) is 0 Å². The average molecular weight is 376 g/mol. The van der Waals surface area contributed by atoms with Gasteiger partial charge in [-0.3, -0.25) is 4.57 Å². The lowest BCUT2D eigenvalue weighted by Gasteiger charge is -2.08. The maximum atomic E-state index is 12.5. The van der Waals surface area contributed by atoms with Gasteiger partial charge in [0, 0.05) is 6.54 Å². The maximum absolute atomic E-state index is 12.5. The van der Waals surface area contributed by atoms with Gasteiger partial charge in [0.1, 0.15) is 5.52 Å². The third kappa shape index (κ3) is 4.20. The minimum atomic E-state index is -0.278. The zero-order chi connectivity index (χ0) is 20.1. The third-order valence-corrected chi connectivity index (χ3v) is 4.39. The number of nitrogen functional groups attached to an aromatic ring is 1. The molecule has 0 unspecified atom stereocenters. The molecule has 7 nitrogen and oxygen atoms in total. The molecule has 3 rings (SSSR count). The van der Waals surface area contributed by atoms with Crippen molar-refractivity contribution in [3.63, 3.8) is 0 Å². The molecule has 0 saturated heterocycles. The highest BCUT2D eigenvalue weighted by Crippen LogP contribution is 2.18. The van der Waals surface area contributed by atoms with Crippen molar-refractivity contribution in [1.29, 1.82) is 0 Å². The summed E-state index contributed by atoms with van der Waals surface area (Å²) in [5.74, 6) is 0.609. The summed E-state index contributed by atoms with van der Waals surface area (Å²) in [5.41, 5.74) is 9.77. The Kier molecular flexibility index (Phi) is 5.74. The number of benzene rings is 1. The number of fused-ring (bicyclic) bond motifs is 1. The molecule has 0 saturated carbocycles. The summed E-state index contributed by atoms with van der Waals surface area (Å²) in [4.78, 5) is 24.0. The standard InChI is InChI=1S/C21H24N6O/c1-4-14(3)11-15(5-2)13-27-19-17(24-21(27)28)18(22)25-20(26-19)23-12-16-9-7-6-8-10-16/h4-11H,1,12-13H2,2-3H3,(H,24,28)(H3,22,23,25,26)/b14-11-,15-5+. The van der Waals surface area contributed by atoms with E-state index in [9.17, 15) is 4.79 Å². The molecule has 28 heavy (non-hydrogen) atoms. The quantitative estimate of drug-likeness (QED) is 0.549. The summed E-state index contributed by atoms with van der Waals surface area (Å²) in [6.07, 6.45) is 5.71. The van der Waals surface area contributed by atoms with E-state index < -0.39 is 0 Å². The lowest BCUT2D eigenvalue weighted by molar-refractivity contribution is 0.775. The van der Waals surface area contributed by atoms with Crippen LogP contribution in [0.1, 0.15) is 19.4 Å². The molecule has 144 valence electrons. The van der Waals surface area contributed by atoms with Crippen LogP contribution >= 0.6 is 0 Å². The van der Waals surface area contributed by atoms with E-state index in [1.54, 1.807) is 10.6 Å². The van der Waals surface area contributed by atoms with Gasteiger partial charge in [-0.25, -0.2) is 4.79 Å². The molecule has 2 aromatic heterocycles. The van der Waals surface area contributed by atoms with Gasteiger partial charge in [0.2, 0.25) is 5.95 Å². The fourth-order valence-electron chi connectivity index (χ4n) is 2.81. The molecular weight excluding hydrogens is 352 g/mol. The topological polar surface area (TPSA) is 102 Å². The Bertz CT molecular complexity index is 1110. The SMILES string of the molecule is C=C/C(C)=C\C(=C/C)Cn1c(=O)[nH]c2c(N)nc(NCc3ccccc3)nc21. The first kappa shape index (κ1) is 19.2. The van der Waals surface area contributed by atoms with Crippen LogP contribution in [-0.2, 0) is 13.1 Å². The van der Waals surface area contributed by atoms with Gasteiger partial charge in [0.05, 0.1) is 6.54 Å². The lowest BCUT2D eigenvalue weighted by atomic mass is 10.1. The summed E-state index contributed by atoms with van der Waals surface area (Å²) in [5, 5.41) is 3.17. The predicted molar refractivity (Wildman–Crippen MR) is 114 cm³/mol. The van der Waals surface area contributed by atoms with Gasteiger partial charge in [-0.1, -0.05) is 60.7 Å². The van der Waals surface area contributed by atoms with Gasteiger partial charge in [-0.15, -0.1) is 0 Å². The van der Waals surface area contributed by atoms with Crippen LogP contribution in [0, 0.1) is 0 Å². The third-order valence-electron chi connectivity index (χ3n) is 4.39. The minimum Gasteiger partial charge on any atom is -0.382 e. The van der Waals surface area contributed by atoms with Crippen molar-refractivity contribution >= 4 is 22.9 Å². The molecule has 0 bridgehead atoms. The van der Waals surface area contributed by atoms with Gasteiger partial charge in [0.15, 0.2) is 11.5 Å². The van der Waals surface area contributed by atoms with Gasteiger partial charge < -0.3 is 16.0 Å². The first-order valence-corrected chi connectivity index (χ1v) is 9.01. The molecule has 0 aliphatic rings. The van der Waals surface area contributed by atoms with E-state index >= 15 is 0 Å². The molecule has 0 radical (unpaired) electrons. The average Bonchev–Trinajstić information content (AvgIpc) is 3.02. The van der Waals surface area contributed by atoms with Gasteiger partial charge in [-0.05, 0) is 25.0 Å². The number of anilines is 2. The minimum absolute atomic E-state index is 0.233. The fraction of sp³-hybridized carbons (Fsp3) is 0.190. The second-order valence-corrected chi connectivity index (χ2v) is 6.44. The highest BCUT2D eigenvalue weighted by molar-refractivity contribution is 5.82. The highest BCUT2D eigenvalue weighted by atomic mass is 16.1. The largest absolute Gasteiger partial charge is 0.382 e. The summed E-state index contributed by atoms with van der Waals surface area (Å²) in [6, 6.07) is 9.92. The Morgan fingerprint density at radius 3 is 2.75 bits per heavy atom. The Balaban J connectivity index is 1.95. The van der Waals surface area contributed by atoms with Crippen LogP contribution in [0.5, 0.6) is 0 Å². The van der Waals surface area contributed by atoms with Crippen molar-refractivity contribution in [2.45, 2.75) is 26.9 Å². The molecule has 1 aromatic carbocycles. The van der Waals surface area contributed by atoms with E-state index in [0.29, 0.717) is 30.2 Å². The van der Waals surface area contributed by atoms with Crippen LogP contribution in [0.4, 0.5) is 11.8 Å². The van der Waals surface area contributed by atoms with Crippen molar-refractivity contribution in [3.8, 4) is 0 Å². The van der Waals surface area contributed by atoms with Crippen LogP contribution in [0.25, 0.3) is 11.2 Å². The zero-order valence-electron chi connectivity index (χ0n) is 16.1. The summed E-state index contributed by atoms with van der Waals surface area (Å²) < 4.78 is 1.56. The summed E-state index contributed by atoms with van der Waals surface area (Å²) in [7, 11) is 0. The van der Waals surface area contributed by atoms with Gasteiger partial charge >= 0.3 is 5.69 Å². The van der Waals surface area contributed by atoms with Crippen molar-refractivity contribution in [2.75, 3.05) is 11.1 Å². The normalized spacial score (nSPS) is 12.4. The van der Waals surface area contributed by atoms with Crippen LogP contribution < -0.4 is 16.7 Å². The number of hydrogen-bond donors (Lipinski definition) is 3. The van der Waals surface area contributed by atoms with Crippen molar-refractivity contribution in [2.24, 2.45) is 0 Å².